The van der Waals surface area contributed by atoms with E-state index in [0.717, 1.165) is 17.3 Å². The van der Waals surface area contributed by atoms with E-state index in [1.165, 1.54) is 0 Å². The number of likely N-dealkylation sites (tertiary alicyclic amines) is 1. The van der Waals surface area contributed by atoms with Crippen LogP contribution in [-0.4, -0.2) is 41.0 Å². The third-order valence-corrected chi connectivity index (χ3v) is 3.90. The van der Waals surface area contributed by atoms with Gasteiger partial charge in [0.1, 0.15) is 6.04 Å². The molecule has 0 saturated carbocycles. The van der Waals surface area contributed by atoms with E-state index in [0.29, 0.717) is 18.7 Å². The van der Waals surface area contributed by atoms with Crippen molar-refractivity contribution in [3.05, 3.63) is 28.7 Å². The largest absolute Gasteiger partial charge is 0.480 e. The van der Waals surface area contributed by atoms with E-state index in [2.05, 4.69) is 21.2 Å². The Balaban J connectivity index is 1.92. The molecule has 6 heteroatoms. The number of carbonyl (C=O) groups excluding carboxylic acids is 1. The normalized spacial score (nSPS) is 19.6. The van der Waals surface area contributed by atoms with E-state index >= 15 is 0 Å². The minimum absolute atomic E-state index is 0.118. The molecular formula is C14H17BrN2O3. The predicted molar refractivity (Wildman–Crippen MR) is 79.6 cm³/mol. The number of carbonyl (C=O) groups is 2. The van der Waals surface area contributed by atoms with Gasteiger partial charge in [0, 0.05) is 10.2 Å². The number of hydrogen-bond donors (Lipinski definition) is 2. The van der Waals surface area contributed by atoms with Gasteiger partial charge < -0.3 is 10.4 Å². The summed E-state index contributed by atoms with van der Waals surface area (Å²) in [6, 6.07) is 6.74. The monoisotopic (exact) mass is 340 g/mol. The molecular weight excluding hydrogens is 324 g/mol. The van der Waals surface area contributed by atoms with Crippen molar-refractivity contribution >= 4 is 33.5 Å². The molecule has 5 nitrogen and oxygen atoms in total. The quantitative estimate of drug-likeness (QED) is 0.882. The Hall–Kier alpha value is -1.40. The first-order valence-electron chi connectivity index (χ1n) is 6.58. The van der Waals surface area contributed by atoms with Gasteiger partial charge >= 0.3 is 5.97 Å². The molecule has 20 heavy (non-hydrogen) atoms. The number of nitrogens with zero attached hydrogens (tertiary/aromatic N) is 1. The lowest BCUT2D eigenvalue weighted by atomic mass is 10.0. The molecule has 1 fully saturated rings. The molecule has 1 aliphatic rings. The Labute approximate surface area is 126 Å². The highest BCUT2D eigenvalue weighted by Gasteiger charge is 2.29. The van der Waals surface area contributed by atoms with Crippen LogP contribution in [-0.2, 0) is 9.59 Å². The molecule has 0 aromatic heterocycles. The summed E-state index contributed by atoms with van der Waals surface area (Å²) in [6.45, 7) is 0.776. The first kappa shape index (κ1) is 15.0. The molecule has 0 radical (unpaired) electrons. The van der Waals surface area contributed by atoms with Crippen LogP contribution in [0.4, 0.5) is 5.69 Å². The number of piperidine rings is 1. The molecule has 1 saturated heterocycles. The fourth-order valence-corrected chi connectivity index (χ4v) is 2.64. The van der Waals surface area contributed by atoms with Gasteiger partial charge in [-0.3, -0.25) is 14.5 Å². The third-order valence-electron chi connectivity index (χ3n) is 3.37. The van der Waals surface area contributed by atoms with Crippen LogP contribution >= 0.6 is 15.9 Å². The number of hydrogen-bond acceptors (Lipinski definition) is 3. The standard InChI is InChI=1S/C14H17BrN2O3/c15-10-4-6-11(7-5-10)16-13(18)9-17-8-2-1-3-12(17)14(19)20/h4-7,12H,1-3,8-9H2,(H,16,18)(H,19,20). The van der Waals surface area contributed by atoms with Crippen LogP contribution in [0, 0.1) is 0 Å². The Morgan fingerprint density at radius 2 is 2.00 bits per heavy atom. The zero-order chi connectivity index (χ0) is 14.5. The molecule has 1 aliphatic heterocycles. The van der Waals surface area contributed by atoms with E-state index < -0.39 is 12.0 Å². The molecule has 0 spiro atoms. The Morgan fingerprint density at radius 1 is 1.30 bits per heavy atom. The fraction of sp³-hybridized carbons (Fsp3) is 0.429. The number of carboxylic acids is 1. The first-order valence-corrected chi connectivity index (χ1v) is 7.38. The van der Waals surface area contributed by atoms with Crippen molar-refractivity contribution in [2.75, 3.05) is 18.4 Å². The Morgan fingerprint density at radius 3 is 2.65 bits per heavy atom. The summed E-state index contributed by atoms with van der Waals surface area (Å²) in [5.41, 5.74) is 0.710. The molecule has 0 bridgehead atoms. The summed E-state index contributed by atoms with van der Waals surface area (Å²) in [6.07, 6.45) is 2.46. The number of anilines is 1. The highest BCUT2D eigenvalue weighted by atomic mass is 79.9. The van der Waals surface area contributed by atoms with E-state index in [9.17, 15) is 9.59 Å². The number of carboxylic acid groups (broad SMARTS) is 1. The van der Waals surface area contributed by atoms with Gasteiger partial charge in [0.25, 0.3) is 0 Å². The minimum atomic E-state index is -0.846. The van der Waals surface area contributed by atoms with Crippen LogP contribution in [0.1, 0.15) is 19.3 Å². The number of aliphatic carboxylic acids is 1. The van der Waals surface area contributed by atoms with E-state index in [-0.39, 0.29) is 12.5 Å². The summed E-state index contributed by atoms with van der Waals surface area (Å²) < 4.78 is 0.942. The molecule has 1 heterocycles. The molecule has 1 aromatic carbocycles. The van der Waals surface area contributed by atoms with Crippen molar-refractivity contribution in [2.24, 2.45) is 0 Å². The zero-order valence-corrected chi connectivity index (χ0v) is 12.6. The SMILES string of the molecule is O=C(CN1CCCCC1C(=O)O)Nc1ccc(Br)cc1. The van der Waals surface area contributed by atoms with Gasteiger partial charge in [0.05, 0.1) is 6.54 Å². The first-order chi connectivity index (χ1) is 9.56. The second-order valence-electron chi connectivity index (χ2n) is 4.88. The predicted octanol–water partition coefficient (Wildman–Crippen LogP) is 2.33. The lowest BCUT2D eigenvalue weighted by Gasteiger charge is -2.32. The summed E-state index contributed by atoms with van der Waals surface area (Å²) in [5.74, 6) is -1.03. The van der Waals surface area contributed by atoms with Gasteiger partial charge in [-0.2, -0.15) is 0 Å². The number of benzene rings is 1. The molecule has 108 valence electrons. The second-order valence-corrected chi connectivity index (χ2v) is 5.79. The summed E-state index contributed by atoms with van der Waals surface area (Å²) in [4.78, 5) is 24.9. The van der Waals surface area contributed by atoms with Gasteiger partial charge in [-0.15, -0.1) is 0 Å². The maximum Gasteiger partial charge on any atom is 0.320 e. The van der Waals surface area contributed by atoms with Crippen molar-refractivity contribution in [3.8, 4) is 0 Å². The van der Waals surface area contributed by atoms with Crippen LogP contribution in [0.15, 0.2) is 28.7 Å². The van der Waals surface area contributed by atoms with Crippen molar-refractivity contribution < 1.29 is 14.7 Å². The Bertz CT molecular complexity index is 490. The van der Waals surface area contributed by atoms with Crippen molar-refractivity contribution in [2.45, 2.75) is 25.3 Å². The maximum atomic E-state index is 12.0. The van der Waals surface area contributed by atoms with Crippen LogP contribution in [0.2, 0.25) is 0 Å². The van der Waals surface area contributed by atoms with Gasteiger partial charge in [0.15, 0.2) is 0 Å². The molecule has 2 rings (SSSR count). The van der Waals surface area contributed by atoms with Gasteiger partial charge in [-0.25, -0.2) is 0 Å². The summed E-state index contributed by atoms with van der Waals surface area (Å²) in [7, 11) is 0. The van der Waals surface area contributed by atoms with Gasteiger partial charge in [0.2, 0.25) is 5.91 Å². The number of amides is 1. The molecule has 1 amide bonds. The topological polar surface area (TPSA) is 69.6 Å². The van der Waals surface area contributed by atoms with Crippen LogP contribution < -0.4 is 5.32 Å². The highest BCUT2D eigenvalue weighted by molar-refractivity contribution is 9.10. The van der Waals surface area contributed by atoms with Gasteiger partial charge in [-0.1, -0.05) is 22.4 Å². The van der Waals surface area contributed by atoms with E-state index in [4.69, 9.17) is 5.11 Å². The average molecular weight is 341 g/mol. The van der Waals surface area contributed by atoms with Crippen molar-refractivity contribution in [1.29, 1.82) is 0 Å². The van der Waals surface area contributed by atoms with E-state index in [1.54, 1.807) is 17.0 Å². The fourth-order valence-electron chi connectivity index (χ4n) is 2.38. The molecule has 1 atom stereocenters. The average Bonchev–Trinajstić information content (AvgIpc) is 2.41. The van der Waals surface area contributed by atoms with Crippen molar-refractivity contribution in [1.82, 2.24) is 4.90 Å². The number of nitrogens with one attached hydrogen (secondary N) is 1. The molecule has 1 unspecified atom stereocenters. The summed E-state index contributed by atoms with van der Waals surface area (Å²) in [5, 5.41) is 11.9. The smallest absolute Gasteiger partial charge is 0.320 e. The summed E-state index contributed by atoms with van der Waals surface area (Å²) >= 11 is 3.33. The minimum Gasteiger partial charge on any atom is -0.480 e. The van der Waals surface area contributed by atoms with Gasteiger partial charge in [-0.05, 0) is 43.7 Å². The van der Waals surface area contributed by atoms with Crippen LogP contribution in [0.5, 0.6) is 0 Å². The molecule has 1 aromatic rings. The highest BCUT2D eigenvalue weighted by Crippen LogP contribution is 2.18. The molecule has 2 N–H and O–H groups in total. The third kappa shape index (κ3) is 4.05. The maximum absolute atomic E-state index is 12.0. The lowest BCUT2D eigenvalue weighted by Crippen LogP contribution is -2.47. The zero-order valence-electron chi connectivity index (χ0n) is 11.0. The number of halogens is 1. The van der Waals surface area contributed by atoms with Crippen LogP contribution in [0.25, 0.3) is 0 Å². The van der Waals surface area contributed by atoms with Crippen molar-refractivity contribution in [3.63, 3.8) is 0 Å². The van der Waals surface area contributed by atoms with E-state index in [1.807, 2.05) is 12.1 Å². The second kappa shape index (κ2) is 6.85. The number of rotatable bonds is 4. The lowest BCUT2D eigenvalue weighted by molar-refractivity contribution is -0.145. The Kier molecular flexibility index (Phi) is 5.14. The molecule has 0 aliphatic carbocycles. The van der Waals surface area contributed by atoms with Crippen LogP contribution in [0.3, 0.4) is 0 Å².